The number of nitrogens with two attached hydrogens (primary N) is 1. The lowest BCUT2D eigenvalue weighted by Crippen LogP contribution is -2.45. The second-order valence-electron chi connectivity index (χ2n) is 5.40. The molecule has 0 spiro atoms. The molecule has 0 saturated carbocycles. The topological polar surface area (TPSA) is 59.6 Å². The molecule has 18 heavy (non-hydrogen) atoms. The fourth-order valence-electron chi connectivity index (χ4n) is 1.86. The summed E-state index contributed by atoms with van der Waals surface area (Å²) in [4.78, 5) is 4.34. The van der Waals surface area contributed by atoms with Crippen molar-refractivity contribution in [2.75, 3.05) is 6.61 Å². The van der Waals surface area contributed by atoms with E-state index < -0.39 is 0 Å². The first-order valence-corrected chi connectivity index (χ1v) is 5.89. The number of aliphatic imine (C=N–C) groups is 1. The molecule has 5 heteroatoms. The van der Waals surface area contributed by atoms with Gasteiger partial charge in [0.15, 0.2) is 5.96 Å². The number of ether oxygens (including phenoxy) is 1. The molecular formula is C13H18FN3O. The highest BCUT2D eigenvalue weighted by Gasteiger charge is 2.24. The summed E-state index contributed by atoms with van der Waals surface area (Å²) in [6, 6.07) is 4.20. The maximum atomic E-state index is 13.2. The summed E-state index contributed by atoms with van der Waals surface area (Å²) in [5.74, 6) is 0.726. The molecule has 3 N–H and O–H groups in total. The SMILES string of the molecule is CC(C)(C)NC(N)=NC1COc2ccc(F)cc21. The van der Waals surface area contributed by atoms with E-state index in [9.17, 15) is 4.39 Å². The van der Waals surface area contributed by atoms with Crippen LogP contribution in [0.3, 0.4) is 0 Å². The third-order valence-electron chi connectivity index (χ3n) is 2.53. The molecule has 1 atom stereocenters. The van der Waals surface area contributed by atoms with Gasteiger partial charge in [-0.25, -0.2) is 9.38 Å². The molecule has 0 saturated heterocycles. The minimum Gasteiger partial charge on any atom is -0.491 e. The fraction of sp³-hybridized carbons (Fsp3) is 0.462. The predicted molar refractivity (Wildman–Crippen MR) is 69.1 cm³/mol. The lowest BCUT2D eigenvalue weighted by Gasteiger charge is -2.21. The van der Waals surface area contributed by atoms with E-state index in [1.54, 1.807) is 6.07 Å². The van der Waals surface area contributed by atoms with Gasteiger partial charge in [-0.1, -0.05) is 0 Å². The molecule has 0 aliphatic carbocycles. The number of fused-ring (bicyclic) bond motifs is 1. The molecule has 1 heterocycles. The molecular weight excluding hydrogens is 233 g/mol. The summed E-state index contributed by atoms with van der Waals surface area (Å²) in [5, 5.41) is 3.07. The number of hydrogen-bond donors (Lipinski definition) is 2. The lowest BCUT2D eigenvalue weighted by atomic mass is 10.1. The summed E-state index contributed by atoms with van der Waals surface area (Å²) in [6.45, 7) is 6.38. The van der Waals surface area contributed by atoms with Crippen molar-refractivity contribution in [2.24, 2.45) is 10.7 Å². The number of rotatable bonds is 1. The zero-order valence-corrected chi connectivity index (χ0v) is 10.8. The smallest absolute Gasteiger partial charge is 0.189 e. The van der Waals surface area contributed by atoms with Gasteiger partial charge in [0, 0.05) is 11.1 Å². The van der Waals surface area contributed by atoms with Crippen LogP contribution in [0.4, 0.5) is 4.39 Å². The number of guanidine groups is 1. The van der Waals surface area contributed by atoms with Crippen molar-refractivity contribution in [3.63, 3.8) is 0 Å². The van der Waals surface area contributed by atoms with Gasteiger partial charge in [0.25, 0.3) is 0 Å². The number of nitrogens with zero attached hydrogens (tertiary/aromatic N) is 1. The first-order chi connectivity index (χ1) is 8.35. The van der Waals surface area contributed by atoms with Gasteiger partial charge in [0.2, 0.25) is 0 Å². The highest BCUT2D eigenvalue weighted by molar-refractivity contribution is 5.79. The maximum Gasteiger partial charge on any atom is 0.189 e. The molecule has 0 radical (unpaired) electrons. The average Bonchev–Trinajstić information content (AvgIpc) is 2.58. The average molecular weight is 251 g/mol. The van der Waals surface area contributed by atoms with E-state index in [4.69, 9.17) is 10.5 Å². The molecule has 1 aliphatic heterocycles. The van der Waals surface area contributed by atoms with Crippen LogP contribution in [-0.4, -0.2) is 18.1 Å². The molecule has 0 amide bonds. The summed E-state index contributed by atoms with van der Waals surface area (Å²) in [5.41, 5.74) is 6.41. The Kier molecular flexibility index (Phi) is 3.15. The molecule has 4 nitrogen and oxygen atoms in total. The molecule has 2 rings (SSSR count). The van der Waals surface area contributed by atoms with Crippen molar-refractivity contribution < 1.29 is 9.13 Å². The highest BCUT2D eigenvalue weighted by Crippen LogP contribution is 2.34. The van der Waals surface area contributed by atoms with E-state index in [0.717, 1.165) is 5.56 Å². The Morgan fingerprint density at radius 1 is 1.50 bits per heavy atom. The minimum absolute atomic E-state index is 0.155. The van der Waals surface area contributed by atoms with Crippen LogP contribution in [-0.2, 0) is 0 Å². The van der Waals surface area contributed by atoms with E-state index in [-0.39, 0.29) is 17.4 Å². The predicted octanol–water partition coefficient (Wildman–Crippen LogP) is 1.96. The van der Waals surface area contributed by atoms with Crippen LogP contribution in [0.1, 0.15) is 32.4 Å². The number of benzene rings is 1. The van der Waals surface area contributed by atoms with Gasteiger partial charge < -0.3 is 15.8 Å². The molecule has 0 fully saturated rings. The lowest BCUT2D eigenvalue weighted by molar-refractivity contribution is 0.333. The first kappa shape index (κ1) is 12.7. The van der Waals surface area contributed by atoms with Crippen molar-refractivity contribution in [3.8, 4) is 5.75 Å². The minimum atomic E-state index is -0.290. The second-order valence-corrected chi connectivity index (χ2v) is 5.40. The van der Waals surface area contributed by atoms with Gasteiger partial charge in [0.1, 0.15) is 24.2 Å². The summed E-state index contributed by atoms with van der Waals surface area (Å²) >= 11 is 0. The fourth-order valence-corrected chi connectivity index (χ4v) is 1.86. The van der Waals surface area contributed by atoms with E-state index in [0.29, 0.717) is 18.3 Å². The van der Waals surface area contributed by atoms with Crippen LogP contribution in [0.2, 0.25) is 0 Å². The van der Waals surface area contributed by atoms with Crippen molar-refractivity contribution >= 4 is 5.96 Å². The third-order valence-corrected chi connectivity index (χ3v) is 2.53. The summed E-state index contributed by atoms with van der Waals surface area (Å²) in [6.07, 6.45) is 0. The largest absolute Gasteiger partial charge is 0.491 e. The van der Waals surface area contributed by atoms with Gasteiger partial charge in [0.05, 0.1) is 0 Å². The van der Waals surface area contributed by atoms with Gasteiger partial charge in [-0.15, -0.1) is 0 Å². The molecule has 1 aliphatic rings. The van der Waals surface area contributed by atoms with Crippen LogP contribution in [0.25, 0.3) is 0 Å². The van der Waals surface area contributed by atoms with Crippen LogP contribution >= 0.6 is 0 Å². The Balaban J connectivity index is 2.18. The summed E-state index contributed by atoms with van der Waals surface area (Å²) in [7, 11) is 0. The molecule has 0 aromatic heterocycles. The quantitative estimate of drug-likeness (QED) is 0.592. The molecule has 1 unspecified atom stereocenters. The summed E-state index contributed by atoms with van der Waals surface area (Å²) < 4.78 is 18.6. The zero-order valence-electron chi connectivity index (χ0n) is 10.8. The zero-order chi connectivity index (χ0) is 13.3. The van der Waals surface area contributed by atoms with Gasteiger partial charge in [-0.05, 0) is 39.0 Å². The van der Waals surface area contributed by atoms with Crippen molar-refractivity contribution in [3.05, 3.63) is 29.6 Å². The van der Waals surface area contributed by atoms with Crippen LogP contribution in [0.15, 0.2) is 23.2 Å². The van der Waals surface area contributed by atoms with E-state index in [1.807, 2.05) is 20.8 Å². The normalized spacial score (nSPS) is 19.3. The van der Waals surface area contributed by atoms with E-state index >= 15 is 0 Å². The van der Waals surface area contributed by atoms with Crippen molar-refractivity contribution in [1.29, 1.82) is 0 Å². The monoisotopic (exact) mass is 251 g/mol. The molecule has 0 bridgehead atoms. The number of hydrogen-bond acceptors (Lipinski definition) is 2. The Bertz CT molecular complexity index is 480. The number of halogens is 1. The van der Waals surface area contributed by atoms with Crippen LogP contribution in [0.5, 0.6) is 5.75 Å². The Morgan fingerprint density at radius 2 is 2.22 bits per heavy atom. The van der Waals surface area contributed by atoms with Gasteiger partial charge >= 0.3 is 0 Å². The highest BCUT2D eigenvalue weighted by atomic mass is 19.1. The second kappa shape index (κ2) is 4.48. The Labute approximate surface area is 106 Å². The van der Waals surface area contributed by atoms with Crippen molar-refractivity contribution in [2.45, 2.75) is 32.4 Å². The first-order valence-electron chi connectivity index (χ1n) is 5.89. The van der Waals surface area contributed by atoms with Gasteiger partial charge in [-0.3, -0.25) is 0 Å². The van der Waals surface area contributed by atoms with Crippen molar-refractivity contribution in [1.82, 2.24) is 5.32 Å². The Hall–Kier alpha value is -1.78. The molecule has 98 valence electrons. The van der Waals surface area contributed by atoms with E-state index in [2.05, 4.69) is 10.3 Å². The third kappa shape index (κ3) is 2.91. The number of nitrogens with one attached hydrogen (secondary N) is 1. The molecule has 1 aromatic carbocycles. The van der Waals surface area contributed by atoms with Crippen LogP contribution in [0, 0.1) is 5.82 Å². The standard InChI is InChI=1S/C13H18FN3O/c1-13(2,3)17-12(15)16-10-7-18-11-5-4-8(14)6-9(10)11/h4-6,10H,7H2,1-3H3,(H3,15,16,17). The Morgan fingerprint density at radius 3 is 2.89 bits per heavy atom. The van der Waals surface area contributed by atoms with Gasteiger partial charge in [-0.2, -0.15) is 0 Å². The van der Waals surface area contributed by atoms with Crippen LogP contribution < -0.4 is 15.8 Å². The maximum absolute atomic E-state index is 13.2. The van der Waals surface area contributed by atoms with E-state index in [1.165, 1.54) is 12.1 Å². The molecule has 1 aromatic rings.